The summed E-state index contributed by atoms with van der Waals surface area (Å²) in [6.45, 7) is 1.13. The van der Waals surface area contributed by atoms with Gasteiger partial charge in [-0.15, -0.1) is 11.3 Å². The molecule has 0 bridgehead atoms. The van der Waals surface area contributed by atoms with E-state index in [2.05, 4.69) is 9.88 Å². The second-order valence-electron chi connectivity index (χ2n) is 7.03. The molecule has 154 valence electrons. The average molecular weight is 422 g/mol. The summed E-state index contributed by atoms with van der Waals surface area (Å²) in [4.78, 5) is 24.1. The van der Waals surface area contributed by atoms with E-state index in [-0.39, 0.29) is 5.56 Å². The van der Waals surface area contributed by atoms with Gasteiger partial charge >= 0.3 is 0 Å². The highest BCUT2D eigenvalue weighted by atomic mass is 32.1. The number of aromatic nitrogens is 2. The molecule has 1 N–H and O–H groups in total. The number of fused-ring (bicyclic) bond motifs is 1. The molecular weight excluding hydrogens is 398 g/mol. The van der Waals surface area contributed by atoms with Gasteiger partial charge in [-0.05, 0) is 24.7 Å². The molecule has 0 atom stereocenters. The van der Waals surface area contributed by atoms with E-state index in [1.165, 1.54) is 11.3 Å². The summed E-state index contributed by atoms with van der Waals surface area (Å²) in [6.07, 6.45) is 0. The number of methoxy groups -OCH3 is 2. The van der Waals surface area contributed by atoms with Gasteiger partial charge in [-0.2, -0.15) is 0 Å². The molecule has 6 nitrogen and oxygen atoms in total. The van der Waals surface area contributed by atoms with Crippen LogP contribution >= 0.6 is 11.3 Å². The standard InChI is InChI=1S/C23H23N3O3S/c1-26(13-16-10-7-11-18(28-2)21(16)29-3)14-20-24-22(27)17-12-19(30-23(17)25-20)15-8-5-4-6-9-15/h4-12H,13-14H2,1-3H3,(H,24,25,27). The van der Waals surface area contributed by atoms with Crippen LogP contribution in [0.3, 0.4) is 0 Å². The number of nitrogens with zero attached hydrogens (tertiary/aromatic N) is 2. The number of benzene rings is 2. The molecule has 7 heteroatoms. The molecule has 0 radical (unpaired) electrons. The molecule has 0 aliphatic rings. The molecule has 0 unspecified atom stereocenters. The van der Waals surface area contributed by atoms with Crippen LogP contribution in [0.1, 0.15) is 11.4 Å². The van der Waals surface area contributed by atoms with Crippen LogP contribution in [-0.2, 0) is 13.1 Å². The Labute approximate surface area is 178 Å². The van der Waals surface area contributed by atoms with Gasteiger partial charge < -0.3 is 14.5 Å². The molecule has 2 aromatic heterocycles. The van der Waals surface area contributed by atoms with Crippen molar-refractivity contribution in [2.75, 3.05) is 21.3 Å². The van der Waals surface area contributed by atoms with Gasteiger partial charge in [0.1, 0.15) is 10.7 Å². The summed E-state index contributed by atoms with van der Waals surface area (Å²) in [7, 11) is 5.24. The lowest BCUT2D eigenvalue weighted by Gasteiger charge is -2.19. The number of hydrogen-bond donors (Lipinski definition) is 1. The number of hydrogen-bond acceptors (Lipinski definition) is 6. The first-order valence-electron chi connectivity index (χ1n) is 9.55. The number of ether oxygens (including phenoxy) is 2. The third kappa shape index (κ3) is 4.08. The van der Waals surface area contributed by atoms with Crippen LogP contribution in [0.2, 0.25) is 0 Å². The van der Waals surface area contributed by atoms with E-state index in [1.54, 1.807) is 14.2 Å². The Hall–Kier alpha value is -3.16. The van der Waals surface area contributed by atoms with Crippen molar-refractivity contribution in [3.05, 3.63) is 76.3 Å². The van der Waals surface area contributed by atoms with Gasteiger partial charge in [0.05, 0.1) is 26.2 Å². The first kappa shape index (κ1) is 20.1. The zero-order chi connectivity index (χ0) is 21.1. The van der Waals surface area contributed by atoms with E-state index < -0.39 is 0 Å². The molecule has 2 heterocycles. The maximum Gasteiger partial charge on any atom is 0.259 e. The normalized spacial score (nSPS) is 11.2. The van der Waals surface area contributed by atoms with E-state index in [4.69, 9.17) is 14.5 Å². The van der Waals surface area contributed by atoms with Crippen LogP contribution < -0.4 is 15.0 Å². The van der Waals surface area contributed by atoms with Crippen molar-refractivity contribution < 1.29 is 9.47 Å². The summed E-state index contributed by atoms with van der Waals surface area (Å²) < 4.78 is 10.9. The molecule has 0 saturated carbocycles. The number of H-pyrrole nitrogens is 1. The minimum atomic E-state index is -0.110. The zero-order valence-electron chi connectivity index (χ0n) is 17.1. The Bertz CT molecular complexity index is 1220. The van der Waals surface area contributed by atoms with Crippen molar-refractivity contribution >= 4 is 21.6 Å². The van der Waals surface area contributed by atoms with Crippen molar-refractivity contribution in [2.45, 2.75) is 13.1 Å². The molecular formula is C23H23N3O3S. The summed E-state index contributed by atoms with van der Waals surface area (Å²) in [6, 6.07) is 17.8. The van der Waals surface area contributed by atoms with Crippen LogP contribution in [-0.4, -0.2) is 36.1 Å². The Morgan fingerprint density at radius 1 is 1.03 bits per heavy atom. The third-order valence-corrected chi connectivity index (χ3v) is 5.93. The molecule has 2 aromatic carbocycles. The maximum absolute atomic E-state index is 12.6. The van der Waals surface area contributed by atoms with Gasteiger partial charge in [0.2, 0.25) is 0 Å². The molecule has 0 spiro atoms. The number of para-hydroxylation sites is 1. The van der Waals surface area contributed by atoms with Gasteiger partial charge in [0, 0.05) is 17.0 Å². The lowest BCUT2D eigenvalue weighted by atomic mass is 10.1. The van der Waals surface area contributed by atoms with Crippen LogP contribution in [0.5, 0.6) is 11.5 Å². The molecule has 30 heavy (non-hydrogen) atoms. The van der Waals surface area contributed by atoms with Crippen molar-refractivity contribution in [3.8, 4) is 21.9 Å². The summed E-state index contributed by atoms with van der Waals surface area (Å²) >= 11 is 1.53. The Morgan fingerprint density at radius 2 is 1.83 bits per heavy atom. The largest absolute Gasteiger partial charge is 0.493 e. The van der Waals surface area contributed by atoms with Crippen LogP contribution in [0.15, 0.2) is 59.4 Å². The molecule has 0 aliphatic heterocycles. The number of nitrogens with one attached hydrogen (secondary N) is 1. The quantitative estimate of drug-likeness (QED) is 0.482. The first-order chi connectivity index (χ1) is 14.6. The molecule has 0 saturated heterocycles. The van der Waals surface area contributed by atoms with Crippen molar-refractivity contribution in [2.24, 2.45) is 0 Å². The zero-order valence-corrected chi connectivity index (χ0v) is 18.0. The van der Waals surface area contributed by atoms with Gasteiger partial charge in [-0.1, -0.05) is 42.5 Å². The highest BCUT2D eigenvalue weighted by Gasteiger charge is 2.14. The lowest BCUT2D eigenvalue weighted by molar-refractivity contribution is 0.297. The molecule has 4 aromatic rings. The Morgan fingerprint density at radius 3 is 2.57 bits per heavy atom. The van der Waals surface area contributed by atoms with Crippen molar-refractivity contribution in [1.29, 1.82) is 0 Å². The predicted octanol–water partition coefficient (Wildman–Crippen LogP) is 4.30. The smallest absolute Gasteiger partial charge is 0.259 e. The third-order valence-electron chi connectivity index (χ3n) is 4.85. The SMILES string of the molecule is COc1cccc(CN(C)Cc2nc3sc(-c4ccccc4)cc3c(=O)[nH]2)c1OC. The van der Waals surface area contributed by atoms with E-state index >= 15 is 0 Å². The highest BCUT2D eigenvalue weighted by Crippen LogP contribution is 2.32. The Balaban J connectivity index is 1.58. The fourth-order valence-electron chi connectivity index (χ4n) is 3.48. The van der Waals surface area contributed by atoms with Crippen molar-refractivity contribution in [3.63, 3.8) is 0 Å². The highest BCUT2D eigenvalue weighted by molar-refractivity contribution is 7.21. The summed E-state index contributed by atoms with van der Waals surface area (Å²) in [5, 5.41) is 0.625. The summed E-state index contributed by atoms with van der Waals surface area (Å²) in [5.41, 5.74) is 1.98. The van der Waals surface area contributed by atoms with Gasteiger partial charge in [-0.25, -0.2) is 4.98 Å². The number of rotatable bonds is 7. The van der Waals surface area contributed by atoms with Crippen LogP contribution in [0.25, 0.3) is 20.7 Å². The topological polar surface area (TPSA) is 67.5 Å². The predicted molar refractivity (Wildman–Crippen MR) is 120 cm³/mol. The van der Waals surface area contributed by atoms with Gasteiger partial charge in [0.25, 0.3) is 5.56 Å². The number of thiophene rings is 1. The van der Waals surface area contributed by atoms with E-state index in [9.17, 15) is 4.79 Å². The van der Waals surface area contributed by atoms with E-state index in [0.717, 1.165) is 26.6 Å². The minimum Gasteiger partial charge on any atom is -0.493 e. The first-order valence-corrected chi connectivity index (χ1v) is 10.4. The Kier molecular flexibility index (Phi) is 5.83. The van der Waals surface area contributed by atoms with Gasteiger partial charge in [0.15, 0.2) is 11.5 Å². The van der Waals surface area contributed by atoms with Crippen LogP contribution in [0, 0.1) is 0 Å². The minimum absolute atomic E-state index is 0.110. The van der Waals surface area contributed by atoms with E-state index in [0.29, 0.717) is 30.0 Å². The monoisotopic (exact) mass is 421 g/mol. The molecule has 0 aliphatic carbocycles. The van der Waals surface area contributed by atoms with E-state index in [1.807, 2.05) is 61.6 Å². The molecule has 0 fully saturated rings. The molecule has 4 rings (SSSR count). The van der Waals surface area contributed by atoms with Gasteiger partial charge in [-0.3, -0.25) is 9.69 Å². The number of aromatic amines is 1. The summed E-state index contributed by atoms with van der Waals surface area (Å²) in [5.74, 6) is 2.05. The second kappa shape index (κ2) is 8.69. The average Bonchev–Trinajstić information content (AvgIpc) is 3.19. The second-order valence-corrected chi connectivity index (χ2v) is 8.06. The fourth-order valence-corrected chi connectivity index (χ4v) is 4.53. The maximum atomic E-state index is 12.6. The fraction of sp³-hybridized carbons (Fsp3) is 0.217. The molecule has 0 amide bonds. The lowest BCUT2D eigenvalue weighted by Crippen LogP contribution is -2.21. The van der Waals surface area contributed by atoms with Crippen molar-refractivity contribution in [1.82, 2.24) is 14.9 Å². The van der Waals surface area contributed by atoms with Crippen LogP contribution in [0.4, 0.5) is 0 Å².